The van der Waals surface area contributed by atoms with Gasteiger partial charge in [0.25, 0.3) is 0 Å². The van der Waals surface area contributed by atoms with E-state index < -0.39 is 48.2 Å². The Morgan fingerprint density at radius 2 is 1.18 bits per heavy atom. The minimum Gasteiger partial charge on any atom is -0.393 e. The Bertz CT molecular complexity index is 2560. The van der Waals surface area contributed by atoms with Crippen molar-refractivity contribution in [2.75, 3.05) is 6.61 Å². The van der Waals surface area contributed by atoms with Gasteiger partial charge in [0.05, 0.1) is 42.7 Å². The summed E-state index contributed by atoms with van der Waals surface area (Å²) < 4.78 is 55.9. The van der Waals surface area contributed by atoms with Crippen LogP contribution < -0.4 is 10.4 Å². The van der Waals surface area contributed by atoms with E-state index in [0.717, 1.165) is 32.4 Å². The number of ether oxygens (including phenoxy) is 4. The highest BCUT2D eigenvalue weighted by Crippen LogP contribution is 2.42. The van der Waals surface area contributed by atoms with Gasteiger partial charge in [-0.1, -0.05) is 189 Å². The summed E-state index contributed by atoms with van der Waals surface area (Å²) >= 11 is 0. The van der Waals surface area contributed by atoms with Gasteiger partial charge in [0, 0.05) is 17.3 Å². The molecule has 2 N–H and O–H groups in total. The maximum absolute atomic E-state index is 14.2. The molecule has 1 unspecified atom stereocenters. The summed E-state index contributed by atoms with van der Waals surface area (Å²) in [4.78, 5) is 3.42. The van der Waals surface area contributed by atoms with Crippen LogP contribution in [-0.2, 0) is 48.4 Å². The van der Waals surface area contributed by atoms with Crippen molar-refractivity contribution in [2.24, 2.45) is 0 Å². The number of H-pyrrole nitrogens is 1. The van der Waals surface area contributed by atoms with Crippen molar-refractivity contribution in [3.63, 3.8) is 0 Å². The Kier molecular flexibility index (Phi) is 13.4. The zero-order chi connectivity index (χ0) is 43.2. The van der Waals surface area contributed by atoms with Gasteiger partial charge in [-0.25, -0.2) is 8.42 Å². The summed E-state index contributed by atoms with van der Waals surface area (Å²) in [5.41, 5.74) is 2.40. The molecule has 0 aliphatic carbocycles. The Hall–Kier alpha value is -5.17. The maximum Gasteiger partial charge on any atom is 0.222 e. The molecule has 10 heteroatoms. The summed E-state index contributed by atoms with van der Waals surface area (Å²) in [7, 11) is -7.04. The molecule has 1 aliphatic heterocycles. The number of benzene rings is 6. The zero-order valence-electron chi connectivity index (χ0n) is 35.5. The molecule has 8 rings (SSSR count). The summed E-state index contributed by atoms with van der Waals surface area (Å²) in [5.74, 6) is 0. The van der Waals surface area contributed by atoms with Crippen molar-refractivity contribution >= 4 is 39.2 Å². The molecule has 62 heavy (non-hydrogen) atoms. The van der Waals surface area contributed by atoms with E-state index in [-0.39, 0.29) is 34.6 Å². The molecule has 2 heterocycles. The third-order valence-corrected chi connectivity index (χ3v) is 20.1. The van der Waals surface area contributed by atoms with Gasteiger partial charge >= 0.3 is 0 Å². The van der Waals surface area contributed by atoms with Crippen LogP contribution in [0.25, 0.3) is 10.9 Å². The van der Waals surface area contributed by atoms with Gasteiger partial charge in [0.2, 0.25) is 9.84 Å². The third kappa shape index (κ3) is 9.00. The number of aliphatic hydroxyl groups is 1. The van der Waals surface area contributed by atoms with E-state index in [4.69, 9.17) is 18.9 Å². The molecule has 8 nitrogen and oxygen atoms in total. The monoisotopic (exact) mass is 865 g/mol. The molecule has 320 valence electrons. The number of hydrogen-bond donors (Lipinski definition) is 2. The average molecular weight is 866 g/mol. The van der Waals surface area contributed by atoms with Gasteiger partial charge in [-0.05, 0) is 46.3 Å². The zero-order valence-corrected chi connectivity index (χ0v) is 37.3. The van der Waals surface area contributed by atoms with Crippen LogP contribution in [0.4, 0.5) is 0 Å². The molecule has 1 aliphatic rings. The summed E-state index contributed by atoms with van der Waals surface area (Å²) in [6.07, 6.45) is -2.33. The van der Waals surface area contributed by atoms with Crippen LogP contribution in [0.5, 0.6) is 0 Å². The van der Waals surface area contributed by atoms with Crippen molar-refractivity contribution in [3.05, 3.63) is 193 Å². The topological polar surface area (TPSA) is 107 Å². The summed E-state index contributed by atoms with van der Waals surface area (Å²) in [5, 5.41) is 16.1. The molecule has 0 amide bonds. The molecule has 1 fully saturated rings. The predicted molar refractivity (Wildman–Crippen MR) is 247 cm³/mol. The number of aromatic nitrogens is 1. The number of aliphatic hydroxyl groups excluding tert-OH is 1. The quantitative estimate of drug-likeness (QED) is 0.0936. The second-order valence-corrected chi connectivity index (χ2v) is 23.8. The van der Waals surface area contributed by atoms with E-state index in [0.29, 0.717) is 18.6 Å². The fourth-order valence-electron chi connectivity index (χ4n) is 9.22. The highest BCUT2D eigenvalue weighted by atomic mass is 32.2. The number of nitrogens with one attached hydrogen (secondary N) is 1. The first kappa shape index (κ1) is 43.5. The molecule has 0 radical (unpaired) electrons. The smallest absolute Gasteiger partial charge is 0.222 e. The molecule has 1 saturated heterocycles. The van der Waals surface area contributed by atoms with Crippen LogP contribution in [0.2, 0.25) is 5.04 Å². The molecule has 1 aromatic heterocycles. The number of para-hydroxylation sites is 1. The lowest BCUT2D eigenvalue weighted by atomic mass is 10.0. The molecule has 0 bridgehead atoms. The molecule has 0 saturated carbocycles. The Morgan fingerprint density at radius 1 is 0.677 bits per heavy atom. The first-order valence-corrected chi connectivity index (χ1v) is 24.9. The normalized spacial score (nSPS) is 19.0. The van der Waals surface area contributed by atoms with E-state index in [9.17, 15) is 13.5 Å². The van der Waals surface area contributed by atoms with Crippen molar-refractivity contribution in [1.82, 2.24) is 4.98 Å². The third-order valence-electron chi connectivity index (χ3n) is 12.2. The first-order valence-electron chi connectivity index (χ1n) is 21.3. The van der Waals surface area contributed by atoms with Crippen molar-refractivity contribution < 1.29 is 32.5 Å². The van der Waals surface area contributed by atoms with Crippen molar-refractivity contribution in [2.45, 2.75) is 92.1 Å². The van der Waals surface area contributed by atoms with Gasteiger partial charge in [0.15, 0.2) is 14.4 Å². The van der Waals surface area contributed by atoms with E-state index in [1.807, 2.05) is 121 Å². The van der Waals surface area contributed by atoms with E-state index in [2.05, 4.69) is 50.0 Å². The molecular weight excluding hydrogens is 811 g/mol. The second kappa shape index (κ2) is 19.1. The fraction of sp³-hybridized carbons (Fsp3) is 0.269. The Labute approximate surface area is 366 Å². The van der Waals surface area contributed by atoms with Crippen molar-refractivity contribution in [3.8, 4) is 0 Å². The van der Waals surface area contributed by atoms with Crippen LogP contribution in [0.3, 0.4) is 0 Å². The Balaban J connectivity index is 1.18. The van der Waals surface area contributed by atoms with E-state index >= 15 is 0 Å². The van der Waals surface area contributed by atoms with Gasteiger partial charge in [-0.2, -0.15) is 0 Å². The van der Waals surface area contributed by atoms with Gasteiger partial charge in [-0.3, -0.25) is 0 Å². The number of aromatic amines is 1. The highest BCUT2D eigenvalue weighted by molar-refractivity contribution is 7.91. The largest absolute Gasteiger partial charge is 0.393 e. The SMILES string of the molecule is CC(C)(C)[Si](c1ccccc1)(c1ccccc1)C(O)[C@@H]1C[C@H](OCc2ccccc2)[C@@H](OCc2ccccc2)[C@@H](OCCc2c(S(=O)(=O)c3ccccc3)[nH]c3ccccc23)O1. The highest BCUT2D eigenvalue weighted by Gasteiger charge is 2.58. The molecule has 6 aromatic carbocycles. The minimum atomic E-state index is -3.90. The second-order valence-electron chi connectivity index (χ2n) is 17.0. The van der Waals surface area contributed by atoms with E-state index in [1.165, 1.54) is 0 Å². The standard InChI is InChI=1S/C52H55NO7SSi/c1-52(2,3)62(41-27-15-7-16-28-41,42-29-17-8-18-30-42)50(54)47-35-46(58-36-38-21-9-4-10-22-38)48(59-37-39-23-11-5-12-24-39)51(60-47)57-34-33-44-43-31-19-20-32-45(43)53-49(44)61(55,56)40-25-13-6-14-26-40/h4-32,46-48,50-51,53-54H,33-37H2,1-3H3/t46-,47-,48+,50?,51-/m0/s1. The average Bonchev–Trinajstić information content (AvgIpc) is 3.68. The predicted octanol–water partition coefficient (Wildman–Crippen LogP) is 8.81. The first-order chi connectivity index (χ1) is 30.1. The van der Waals surface area contributed by atoms with Crippen molar-refractivity contribution in [1.29, 1.82) is 0 Å². The van der Waals surface area contributed by atoms with E-state index in [1.54, 1.807) is 30.3 Å². The number of rotatable bonds is 16. The minimum absolute atomic E-state index is 0.0997. The number of hydrogen-bond acceptors (Lipinski definition) is 7. The molecule has 7 aromatic rings. The van der Waals surface area contributed by atoms with Gasteiger partial charge < -0.3 is 29.0 Å². The molecule has 0 spiro atoms. The van der Waals surface area contributed by atoms with Crippen LogP contribution in [0, 0.1) is 0 Å². The van der Waals surface area contributed by atoms with Gasteiger partial charge in [-0.15, -0.1) is 0 Å². The van der Waals surface area contributed by atoms with Crippen LogP contribution >= 0.6 is 0 Å². The maximum atomic E-state index is 14.2. The fourth-order valence-corrected chi connectivity index (χ4v) is 16.6. The van der Waals surface area contributed by atoms with Crippen LogP contribution in [0.1, 0.15) is 43.9 Å². The summed E-state index contributed by atoms with van der Waals surface area (Å²) in [6.45, 7) is 7.36. The number of sulfone groups is 1. The lowest BCUT2D eigenvalue weighted by Crippen LogP contribution is -2.75. The van der Waals surface area contributed by atoms with Gasteiger partial charge in [0.1, 0.15) is 11.1 Å². The Morgan fingerprint density at radius 3 is 1.74 bits per heavy atom. The molecular formula is C52H55NO7SSi. The lowest BCUT2D eigenvalue weighted by Gasteiger charge is -2.51. The lowest BCUT2D eigenvalue weighted by molar-refractivity contribution is -0.294. The summed E-state index contributed by atoms with van der Waals surface area (Å²) in [6, 6.07) is 56.8. The molecule has 5 atom stereocenters. The number of fused-ring (bicyclic) bond motifs is 1. The van der Waals surface area contributed by atoms with Crippen LogP contribution in [0.15, 0.2) is 186 Å². The van der Waals surface area contributed by atoms with Crippen LogP contribution in [-0.4, -0.2) is 63.5 Å².